The van der Waals surface area contributed by atoms with Crippen molar-refractivity contribution in [3.05, 3.63) is 53.2 Å². The van der Waals surface area contributed by atoms with E-state index in [0.717, 1.165) is 41.6 Å². The minimum absolute atomic E-state index is 0.303. The van der Waals surface area contributed by atoms with E-state index in [1.807, 2.05) is 30.3 Å². The second-order valence-corrected chi connectivity index (χ2v) is 8.49. The Morgan fingerprint density at radius 2 is 2.06 bits per heavy atom. The number of primary amides is 1. The summed E-state index contributed by atoms with van der Waals surface area (Å²) < 4.78 is 11.6. The Bertz CT molecular complexity index is 1180. The van der Waals surface area contributed by atoms with E-state index in [9.17, 15) is 4.79 Å². The third-order valence-corrected chi connectivity index (χ3v) is 6.11. The van der Waals surface area contributed by atoms with Crippen molar-refractivity contribution < 1.29 is 14.3 Å². The molecule has 0 spiro atoms. The molecule has 34 heavy (non-hydrogen) atoms. The molecule has 1 saturated carbocycles. The maximum absolute atomic E-state index is 12.3. The highest BCUT2D eigenvalue weighted by Gasteiger charge is 2.20. The van der Waals surface area contributed by atoms with Crippen molar-refractivity contribution in [2.75, 3.05) is 25.6 Å². The fraction of sp³-hybridized carbons (Fsp3) is 0.385. The van der Waals surface area contributed by atoms with E-state index in [4.69, 9.17) is 20.9 Å². The number of rotatable bonds is 12. The van der Waals surface area contributed by atoms with E-state index in [1.54, 1.807) is 7.11 Å². The summed E-state index contributed by atoms with van der Waals surface area (Å²) in [5.74, 6) is 0.626. The Balaban J connectivity index is 1.71. The number of anilines is 2. The van der Waals surface area contributed by atoms with Gasteiger partial charge in [-0.25, -0.2) is 0 Å². The molecule has 1 aromatic heterocycles. The van der Waals surface area contributed by atoms with Crippen LogP contribution >= 0.6 is 0 Å². The lowest BCUT2D eigenvalue weighted by molar-refractivity contribution is 0.100. The second kappa shape index (κ2) is 10.7. The molecule has 1 heterocycles. The fourth-order valence-corrected chi connectivity index (χ4v) is 4.14. The largest absolute Gasteiger partial charge is 0.493 e. The van der Waals surface area contributed by atoms with Crippen LogP contribution in [0.3, 0.4) is 0 Å². The summed E-state index contributed by atoms with van der Waals surface area (Å²) in [5.41, 5.74) is 16.3. The van der Waals surface area contributed by atoms with Gasteiger partial charge in [0, 0.05) is 35.9 Å². The minimum Gasteiger partial charge on any atom is -0.493 e. The van der Waals surface area contributed by atoms with Crippen molar-refractivity contribution in [3.8, 4) is 11.5 Å². The number of hydrogen-bond acceptors (Lipinski definition) is 7. The zero-order valence-corrected chi connectivity index (χ0v) is 19.8. The highest BCUT2D eigenvalue weighted by molar-refractivity contribution is 6.08. The zero-order valence-electron chi connectivity index (χ0n) is 19.8. The Kier molecular flexibility index (Phi) is 7.49. The molecule has 8 heteroatoms. The van der Waals surface area contributed by atoms with E-state index in [2.05, 4.69) is 22.5 Å². The third-order valence-electron chi connectivity index (χ3n) is 6.11. The number of nitrogens with two attached hydrogens (primary N) is 2. The first-order valence-corrected chi connectivity index (χ1v) is 11.8. The molecule has 3 aromatic rings. The molecule has 4 rings (SSSR count). The molecular weight excluding hydrogens is 430 g/mol. The quantitative estimate of drug-likeness (QED) is 0.302. The molecular formula is C26H33N5O3. The number of nitrogens with one attached hydrogen (secondary N) is 2. The topological polar surface area (TPSA) is 125 Å². The second-order valence-electron chi connectivity index (χ2n) is 8.49. The van der Waals surface area contributed by atoms with Gasteiger partial charge in [-0.2, -0.15) is 0 Å². The van der Waals surface area contributed by atoms with Gasteiger partial charge in [-0.15, -0.1) is 0 Å². The predicted molar refractivity (Wildman–Crippen MR) is 135 cm³/mol. The molecule has 1 aliphatic rings. The molecule has 0 radical (unpaired) electrons. The van der Waals surface area contributed by atoms with Gasteiger partial charge in [0.25, 0.3) is 5.91 Å². The molecule has 8 nitrogen and oxygen atoms in total. The van der Waals surface area contributed by atoms with Gasteiger partial charge < -0.3 is 31.6 Å². The van der Waals surface area contributed by atoms with Gasteiger partial charge in [-0.05, 0) is 55.5 Å². The van der Waals surface area contributed by atoms with Gasteiger partial charge in [0.05, 0.1) is 30.5 Å². The van der Waals surface area contributed by atoms with E-state index < -0.39 is 5.91 Å². The lowest BCUT2D eigenvalue weighted by Crippen LogP contribution is -2.19. The highest BCUT2D eigenvalue weighted by Crippen LogP contribution is 2.38. The zero-order chi connectivity index (χ0) is 24.1. The molecule has 1 fully saturated rings. The van der Waals surface area contributed by atoms with Crippen molar-refractivity contribution in [1.82, 2.24) is 10.3 Å². The van der Waals surface area contributed by atoms with Gasteiger partial charge in [-0.1, -0.05) is 19.1 Å². The van der Waals surface area contributed by atoms with Crippen molar-refractivity contribution in [1.29, 1.82) is 0 Å². The van der Waals surface area contributed by atoms with Crippen molar-refractivity contribution in [2.45, 2.75) is 45.2 Å². The van der Waals surface area contributed by atoms with Gasteiger partial charge in [0.2, 0.25) is 0 Å². The van der Waals surface area contributed by atoms with E-state index in [-0.39, 0.29) is 0 Å². The highest BCUT2D eigenvalue weighted by atomic mass is 16.5. The van der Waals surface area contributed by atoms with Crippen LogP contribution in [0.25, 0.3) is 10.9 Å². The standard InChI is InChI=1S/C26H33N5O3/c1-3-18-16(14-27)6-4-7-21(18)31-25-19-12-24(34-11-5-10-29-17-8-9-17)23(33-2)13-22(19)30-15-20(25)26(28)32/h4,6-7,12-13,15,17,29H,3,5,8-11,14,27H2,1-2H3,(H2,28,32)(H,30,31). The van der Waals surface area contributed by atoms with Gasteiger partial charge in [0.1, 0.15) is 0 Å². The fourth-order valence-electron chi connectivity index (χ4n) is 4.14. The third kappa shape index (κ3) is 5.24. The van der Waals surface area contributed by atoms with Crippen LogP contribution in [-0.4, -0.2) is 37.2 Å². The van der Waals surface area contributed by atoms with E-state index in [1.165, 1.54) is 19.0 Å². The summed E-state index contributed by atoms with van der Waals surface area (Å²) in [6.07, 6.45) is 5.70. The van der Waals surface area contributed by atoms with Gasteiger partial charge in [0.15, 0.2) is 11.5 Å². The van der Waals surface area contributed by atoms with Crippen LogP contribution in [0.15, 0.2) is 36.5 Å². The average Bonchev–Trinajstić information content (AvgIpc) is 3.67. The van der Waals surface area contributed by atoms with Crippen LogP contribution in [0.5, 0.6) is 11.5 Å². The number of aromatic nitrogens is 1. The lowest BCUT2D eigenvalue weighted by atomic mass is 10.0. The Morgan fingerprint density at radius 3 is 2.74 bits per heavy atom. The Morgan fingerprint density at radius 1 is 1.24 bits per heavy atom. The number of nitrogens with zero attached hydrogens (tertiary/aromatic N) is 1. The number of methoxy groups -OCH3 is 1. The van der Waals surface area contributed by atoms with Crippen LogP contribution in [0.1, 0.15) is 47.7 Å². The first-order valence-electron chi connectivity index (χ1n) is 11.8. The molecule has 0 atom stereocenters. The van der Waals surface area contributed by atoms with Gasteiger partial charge >= 0.3 is 0 Å². The first-order chi connectivity index (χ1) is 16.5. The summed E-state index contributed by atoms with van der Waals surface area (Å²) >= 11 is 0. The lowest BCUT2D eigenvalue weighted by Gasteiger charge is -2.19. The summed E-state index contributed by atoms with van der Waals surface area (Å²) in [5, 5.41) is 7.66. The molecule has 1 aliphatic carbocycles. The number of carbonyl (C=O) groups is 1. The summed E-state index contributed by atoms with van der Waals surface area (Å²) in [6.45, 7) is 3.97. The first kappa shape index (κ1) is 23.8. The van der Waals surface area contributed by atoms with Crippen LogP contribution < -0.4 is 31.6 Å². The summed E-state index contributed by atoms with van der Waals surface area (Å²) in [7, 11) is 1.60. The smallest absolute Gasteiger partial charge is 0.252 e. The Hall–Kier alpha value is -3.36. The number of hydrogen-bond donors (Lipinski definition) is 4. The van der Waals surface area contributed by atoms with Crippen LogP contribution in [0, 0.1) is 0 Å². The van der Waals surface area contributed by atoms with Gasteiger partial charge in [-0.3, -0.25) is 9.78 Å². The van der Waals surface area contributed by atoms with Crippen LogP contribution in [-0.2, 0) is 13.0 Å². The maximum Gasteiger partial charge on any atom is 0.252 e. The van der Waals surface area contributed by atoms with Crippen LogP contribution in [0.4, 0.5) is 11.4 Å². The van der Waals surface area contributed by atoms with Crippen molar-refractivity contribution in [3.63, 3.8) is 0 Å². The van der Waals surface area contributed by atoms with E-state index >= 15 is 0 Å². The molecule has 0 bridgehead atoms. The molecule has 2 aromatic carbocycles. The number of pyridine rings is 1. The Labute approximate surface area is 200 Å². The number of carbonyl (C=O) groups excluding carboxylic acids is 1. The summed E-state index contributed by atoms with van der Waals surface area (Å²) in [6, 6.07) is 10.3. The molecule has 0 unspecified atom stereocenters. The number of fused-ring (bicyclic) bond motifs is 1. The van der Waals surface area contributed by atoms with E-state index in [0.29, 0.717) is 47.5 Å². The monoisotopic (exact) mass is 463 g/mol. The maximum atomic E-state index is 12.3. The minimum atomic E-state index is -0.561. The SMILES string of the molecule is CCc1c(CN)cccc1Nc1c(C(N)=O)cnc2cc(OC)c(OCCCNC3CC3)cc12. The van der Waals surface area contributed by atoms with Crippen LogP contribution in [0.2, 0.25) is 0 Å². The average molecular weight is 464 g/mol. The molecule has 6 N–H and O–H groups in total. The number of benzene rings is 2. The van der Waals surface area contributed by atoms with Crippen molar-refractivity contribution in [2.24, 2.45) is 11.5 Å². The predicted octanol–water partition coefficient (Wildman–Crippen LogP) is 3.63. The summed E-state index contributed by atoms with van der Waals surface area (Å²) in [4.78, 5) is 16.8. The normalized spacial score (nSPS) is 13.1. The van der Waals surface area contributed by atoms with Crippen molar-refractivity contribution >= 4 is 28.2 Å². The molecule has 180 valence electrons. The molecule has 0 saturated heterocycles. The molecule has 0 aliphatic heterocycles. The number of amides is 1. The number of ether oxygens (including phenoxy) is 2. The molecule has 1 amide bonds.